The maximum absolute atomic E-state index is 5.92. The van der Waals surface area contributed by atoms with E-state index in [0.717, 1.165) is 23.4 Å². The normalized spacial score (nSPS) is 16.6. The number of hydrogen-bond acceptors (Lipinski definition) is 4. The Morgan fingerprint density at radius 2 is 2.19 bits per heavy atom. The summed E-state index contributed by atoms with van der Waals surface area (Å²) in [4.78, 5) is 8.48. The van der Waals surface area contributed by atoms with Crippen molar-refractivity contribution in [1.29, 1.82) is 0 Å². The highest BCUT2D eigenvalue weighted by atomic mass is 35.5. The van der Waals surface area contributed by atoms with Gasteiger partial charge in [-0.1, -0.05) is 36.2 Å². The van der Waals surface area contributed by atoms with Gasteiger partial charge in [0.2, 0.25) is 0 Å². The Morgan fingerprint density at radius 1 is 1.44 bits per heavy atom. The molecule has 5 heteroatoms. The third-order valence-electron chi connectivity index (χ3n) is 2.90. The van der Waals surface area contributed by atoms with Crippen LogP contribution in [0.3, 0.4) is 0 Å². The zero-order chi connectivity index (χ0) is 11.4. The lowest BCUT2D eigenvalue weighted by molar-refractivity contribution is 0.578. The van der Waals surface area contributed by atoms with Crippen molar-refractivity contribution in [3.05, 3.63) is 11.2 Å². The Labute approximate surface area is 105 Å². The Morgan fingerprint density at radius 3 is 2.88 bits per heavy atom. The molecule has 1 heterocycles. The second-order valence-electron chi connectivity index (χ2n) is 4.09. The van der Waals surface area contributed by atoms with Crippen LogP contribution in [-0.4, -0.2) is 22.8 Å². The van der Waals surface area contributed by atoms with E-state index in [4.69, 9.17) is 11.6 Å². The van der Waals surface area contributed by atoms with Gasteiger partial charge in [0.25, 0.3) is 0 Å². The van der Waals surface area contributed by atoms with Gasteiger partial charge in [-0.05, 0) is 25.0 Å². The van der Waals surface area contributed by atoms with Gasteiger partial charge in [-0.2, -0.15) is 0 Å². The van der Waals surface area contributed by atoms with Gasteiger partial charge in [-0.3, -0.25) is 0 Å². The molecule has 1 saturated carbocycles. The van der Waals surface area contributed by atoms with Gasteiger partial charge in [0.15, 0.2) is 5.16 Å². The topological polar surface area (TPSA) is 37.8 Å². The molecule has 0 aliphatic heterocycles. The number of anilines is 1. The molecule has 0 aromatic carbocycles. The van der Waals surface area contributed by atoms with E-state index in [2.05, 4.69) is 15.3 Å². The van der Waals surface area contributed by atoms with E-state index in [0.29, 0.717) is 5.15 Å². The van der Waals surface area contributed by atoms with Crippen molar-refractivity contribution in [2.75, 3.05) is 18.1 Å². The quantitative estimate of drug-likeness (QED) is 0.509. The Bertz CT molecular complexity index is 353. The minimum atomic E-state index is 0.508. The first-order valence-corrected chi connectivity index (χ1v) is 7.20. The molecule has 2 rings (SSSR count). The molecule has 0 unspecified atom stereocenters. The largest absolute Gasteiger partial charge is 0.370 e. The standard InChI is InChI=1S/C11H16ClN3S/c1-16-11-14-9(12)6-10(15-11)13-7-8-4-2-3-5-8/h6,8H,2-5,7H2,1H3,(H,13,14,15). The van der Waals surface area contributed by atoms with Gasteiger partial charge in [-0.25, -0.2) is 9.97 Å². The number of nitrogens with one attached hydrogen (secondary N) is 1. The van der Waals surface area contributed by atoms with E-state index in [1.54, 1.807) is 6.07 Å². The molecule has 0 saturated heterocycles. The van der Waals surface area contributed by atoms with Crippen LogP contribution in [0.15, 0.2) is 11.2 Å². The van der Waals surface area contributed by atoms with Crippen LogP contribution in [0, 0.1) is 5.92 Å². The van der Waals surface area contributed by atoms with Crippen molar-refractivity contribution < 1.29 is 0 Å². The van der Waals surface area contributed by atoms with Gasteiger partial charge < -0.3 is 5.32 Å². The summed E-state index contributed by atoms with van der Waals surface area (Å²) in [6.07, 6.45) is 7.36. The molecule has 1 N–H and O–H groups in total. The molecule has 0 amide bonds. The first kappa shape index (κ1) is 12.0. The lowest BCUT2D eigenvalue weighted by Gasteiger charge is -2.11. The molecule has 1 aliphatic carbocycles. The van der Waals surface area contributed by atoms with E-state index in [1.807, 2.05) is 6.26 Å². The van der Waals surface area contributed by atoms with Gasteiger partial charge in [0.05, 0.1) is 0 Å². The van der Waals surface area contributed by atoms with Crippen LogP contribution in [0.4, 0.5) is 5.82 Å². The fourth-order valence-corrected chi connectivity index (χ4v) is 2.65. The molecule has 3 nitrogen and oxygen atoms in total. The van der Waals surface area contributed by atoms with Gasteiger partial charge in [-0.15, -0.1) is 0 Å². The monoisotopic (exact) mass is 257 g/mol. The highest BCUT2D eigenvalue weighted by Crippen LogP contribution is 2.25. The maximum Gasteiger partial charge on any atom is 0.190 e. The van der Waals surface area contributed by atoms with Crippen molar-refractivity contribution in [3.8, 4) is 0 Å². The molecule has 0 atom stereocenters. The van der Waals surface area contributed by atoms with Crippen LogP contribution in [-0.2, 0) is 0 Å². The van der Waals surface area contributed by atoms with Gasteiger partial charge in [0, 0.05) is 12.6 Å². The third-order valence-corrected chi connectivity index (χ3v) is 3.64. The number of rotatable bonds is 4. The molecular weight excluding hydrogens is 242 g/mol. The smallest absolute Gasteiger partial charge is 0.190 e. The summed E-state index contributed by atoms with van der Waals surface area (Å²) in [5.41, 5.74) is 0. The first-order valence-electron chi connectivity index (χ1n) is 5.60. The van der Waals surface area contributed by atoms with Gasteiger partial charge in [0.1, 0.15) is 11.0 Å². The van der Waals surface area contributed by atoms with E-state index in [1.165, 1.54) is 37.4 Å². The Hall–Kier alpha value is -0.480. The Kier molecular flexibility index (Phi) is 4.29. The van der Waals surface area contributed by atoms with Crippen molar-refractivity contribution in [3.63, 3.8) is 0 Å². The number of aromatic nitrogens is 2. The highest BCUT2D eigenvalue weighted by molar-refractivity contribution is 7.98. The van der Waals surface area contributed by atoms with Crippen LogP contribution in [0.2, 0.25) is 5.15 Å². The van der Waals surface area contributed by atoms with Crippen LogP contribution in [0.25, 0.3) is 0 Å². The molecule has 16 heavy (non-hydrogen) atoms. The average Bonchev–Trinajstić information content (AvgIpc) is 2.78. The molecule has 88 valence electrons. The number of thioether (sulfide) groups is 1. The molecule has 1 aromatic heterocycles. The van der Waals surface area contributed by atoms with E-state index < -0.39 is 0 Å². The van der Waals surface area contributed by atoms with E-state index >= 15 is 0 Å². The van der Waals surface area contributed by atoms with Crippen LogP contribution >= 0.6 is 23.4 Å². The lowest BCUT2D eigenvalue weighted by Crippen LogP contribution is -2.12. The summed E-state index contributed by atoms with van der Waals surface area (Å²) in [5.74, 6) is 1.64. The third kappa shape index (κ3) is 3.25. The van der Waals surface area contributed by atoms with Crippen molar-refractivity contribution >= 4 is 29.2 Å². The van der Waals surface area contributed by atoms with Crippen LogP contribution < -0.4 is 5.32 Å². The molecular formula is C11H16ClN3S. The fraction of sp³-hybridized carbons (Fsp3) is 0.636. The zero-order valence-electron chi connectivity index (χ0n) is 9.37. The van der Waals surface area contributed by atoms with Crippen LogP contribution in [0.1, 0.15) is 25.7 Å². The molecule has 0 bridgehead atoms. The summed E-state index contributed by atoms with van der Waals surface area (Å²) in [6.45, 7) is 1.00. The second kappa shape index (κ2) is 5.73. The molecule has 0 spiro atoms. The summed E-state index contributed by atoms with van der Waals surface area (Å²) < 4.78 is 0. The maximum atomic E-state index is 5.92. The molecule has 0 radical (unpaired) electrons. The van der Waals surface area contributed by atoms with Crippen molar-refractivity contribution in [1.82, 2.24) is 9.97 Å². The SMILES string of the molecule is CSc1nc(Cl)cc(NCC2CCCC2)n1. The predicted octanol–water partition coefficient (Wildman–Crippen LogP) is 3.45. The van der Waals surface area contributed by atoms with Gasteiger partial charge >= 0.3 is 0 Å². The number of halogens is 1. The fourth-order valence-electron chi connectivity index (χ4n) is 2.04. The van der Waals surface area contributed by atoms with E-state index in [9.17, 15) is 0 Å². The van der Waals surface area contributed by atoms with E-state index in [-0.39, 0.29) is 0 Å². The van der Waals surface area contributed by atoms with Crippen molar-refractivity contribution in [2.24, 2.45) is 5.92 Å². The lowest BCUT2D eigenvalue weighted by atomic mass is 10.1. The molecule has 1 aromatic rings. The summed E-state index contributed by atoms with van der Waals surface area (Å²) in [7, 11) is 0. The summed E-state index contributed by atoms with van der Waals surface area (Å²) >= 11 is 7.43. The summed E-state index contributed by atoms with van der Waals surface area (Å²) in [5, 5.41) is 4.58. The average molecular weight is 258 g/mol. The minimum Gasteiger partial charge on any atom is -0.370 e. The van der Waals surface area contributed by atoms with Crippen molar-refractivity contribution in [2.45, 2.75) is 30.8 Å². The first-order chi connectivity index (χ1) is 7.78. The minimum absolute atomic E-state index is 0.508. The zero-order valence-corrected chi connectivity index (χ0v) is 10.9. The highest BCUT2D eigenvalue weighted by Gasteiger charge is 2.14. The number of hydrogen-bond donors (Lipinski definition) is 1. The Balaban J connectivity index is 1.94. The summed E-state index contributed by atoms with van der Waals surface area (Å²) in [6, 6.07) is 1.79. The second-order valence-corrected chi connectivity index (χ2v) is 5.25. The molecule has 1 fully saturated rings. The van der Waals surface area contributed by atoms with Crippen LogP contribution in [0.5, 0.6) is 0 Å². The predicted molar refractivity (Wildman–Crippen MR) is 69.3 cm³/mol. The number of nitrogens with zero attached hydrogens (tertiary/aromatic N) is 2. The molecule has 1 aliphatic rings.